The van der Waals surface area contributed by atoms with Gasteiger partial charge < -0.3 is 10.4 Å². The molecule has 1 aromatic carbocycles. The number of phenolic OH excluding ortho intramolecular Hbond substituents is 1. The minimum absolute atomic E-state index is 0. The molecule has 0 spiro atoms. The molecule has 8 heteroatoms. The molecule has 21 heavy (non-hydrogen) atoms. The van der Waals surface area contributed by atoms with Crippen molar-refractivity contribution >= 4 is 28.3 Å². The smallest absolute Gasteiger partial charge is 0.390 e. The topological polar surface area (TPSA) is 35.5 Å². The number of benzene rings is 1. The van der Waals surface area contributed by atoms with Gasteiger partial charge in [-0.3, -0.25) is 4.90 Å². The summed E-state index contributed by atoms with van der Waals surface area (Å²) >= 11 is 3.20. The lowest BCUT2D eigenvalue weighted by Crippen LogP contribution is -2.46. The summed E-state index contributed by atoms with van der Waals surface area (Å²) in [6.45, 7) is 2.39. The number of nitrogens with one attached hydrogen (secondary N) is 1. The van der Waals surface area contributed by atoms with Crippen LogP contribution in [0.3, 0.4) is 0 Å². The molecule has 3 nitrogen and oxygen atoms in total. The van der Waals surface area contributed by atoms with Gasteiger partial charge in [0.2, 0.25) is 0 Å². The Hall–Kier alpha value is -0.500. The molecular formula is C13H17BrClF3N2O. The number of nitrogens with zero attached hydrogens (tertiary/aromatic N) is 1. The molecule has 1 fully saturated rings. The van der Waals surface area contributed by atoms with E-state index >= 15 is 0 Å². The van der Waals surface area contributed by atoms with Gasteiger partial charge >= 0.3 is 6.18 Å². The maximum Gasteiger partial charge on any atom is 0.390 e. The van der Waals surface area contributed by atoms with E-state index in [0.717, 1.165) is 0 Å². The molecular weight excluding hydrogens is 373 g/mol. The summed E-state index contributed by atoms with van der Waals surface area (Å²) in [5.74, 6) is -0.104. The van der Waals surface area contributed by atoms with Crippen molar-refractivity contribution in [2.45, 2.75) is 18.6 Å². The molecule has 0 aromatic heterocycles. The fourth-order valence-electron chi connectivity index (χ4n) is 2.45. The Morgan fingerprint density at radius 3 is 2.43 bits per heavy atom. The maximum absolute atomic E-state index is 12.8. The fourth-order valence-corrected chi connectivity index (χ4v) is 2.80. The molecule has 1 saturated heterocycles. The van der Waals surface area contributed by atoms with Crippen LogP contribution in [0, 0.1) is 0 Å². The van der Waals surface area contributed by atoms with Gasteiger partial charge in [-0.05, 0) is 12.1 Å². The first-order valence-electron chi connectivity index (χ1n) is 6.37. The average Bonchev–Trinajstić information content (AvgIpc) is 2.36. The molecule has 1 atom stereocenters. The third-order valence-corrected chi connectivity index (χ3v) is 3.86. The summed E-state index contributed by atoms with van der Waals surface area (Å²) in [7, 11) is 0. The van der Waals surface area contributed by atoms with Gasteiger partial charge in [-0.2, -0.15) is 13.2 Å². The van der Waals surface area contributed by atoms with E-state index in [1.54, 1.807) is 17.0 Å². The zero-order valence-electron chi connectivity index (χ0n) is 11.2. The second-order valence-electron chi connectivity index (χ2n) is 4.82. The van der Waals surface area contributed by atoms with Crippen LogP contribution in [0.2, 0.25) is 0 Å². The zero-order valence-corrected chi connectivity index (χ0v) is 13.6. The Kier molecular flexibility index (Phi) is 6.77. The number of hydrogen-bond acceptors (Lipinski definition) is 3. The molecule has 0 aliphatic carbocycles. The van der Waals surface area contributed by atoms with Crippen LogP contribution >= 0.6 is 28.3 Å². The monoisotopic (exact) mass is 388 g/mol. The van der Waals surface area contributed by atoms with Crippen LogP contribution in [0.25, 0.3) is 0 Å². The van der Waals surface area contributed by atoms with Crippen molar-refractivity contribution in [2.24, 2.45) is 0 Å². The molecule has 120 valence electrons. The van der Waals surface area contributed by atoms with Gasteiger partial charge in [0.1, 0.15) is 5.75 Å². The molecule has 1 aromatic rings. The molecule has 1 aliphatic rings. The Bertz CT molecular complexity index is 467. The van der Waals surface area contributed by atoms with Crippen LogP contribution in [-0.4, -0.2) is 42.4 Å². The van der Waals surface area contributed by atoms with Gasteiger partial charge in [0.25, 0.3) is 0 Å². The number of aromatic hydroxyl groups is 1. The van der Waals surface area contributed by atoms with E-state index in [1.807, 2.05) is 0 Å². The summed E-state index contributed by atoms with van der Waals surface area (Å²) in [4.78, 5) is 1.77. The Morgan fingerprint density at radius 1 is 1.29 bits per heavy atom. The number of rotatable bonds is 3. The normalized spacial score (nSPS) is 18.1. The predicted octanol–water partition coefficient (Wildman–Crippen LogP) is 3.48. The minimum Gasteiger partial charge on any atom is -0.508 e. The van der Waals surface area contributed by atoms with Crippen LogP contribution < -0.4 is 5.32 Å². The Labute approximate surface area is 136 Å². The second kappa shape index (κ2) is 7.67. The highest BCUT2D eigenvalue weighted by molar-refractivity contribution is 9.10. The van der Waals surface area contributed by atoms with Gasteiger partial charge in [-0.15, -0.1) is 12.4 Å². The number of alkyl halides is 3. The van der Waals surface area contributed by atoms with Crippen molar-refractivity contribution in [3.05, 3.63) is 28.2 Å². The largest absolute Gasteiger partial charge is 0.508 e. The molecule has 1 aliphatic heterocycles. The van der Waals surface area contributed by atoms with Gasteiger partial charge in [0, 0.05) is 42.3 Å². The van der Waals surface area contributed by atoms with Crippen molar-refractivity contribution in [3.63, 3.8) is 0 Å². The fraction of sp³-hybridized carbons (Fsp3) is 0.538. The first kappa shape index (κ1) is 18.5. The highest BCUT2D eigenvalue weighted by Gasteiger charge is 2.36. The van der Waals surface area contributed by atoms with E-state index in [-0.39, 0.29) is 18.2 Å². The van der Waals surface area contributed by atoms with Crippen LogP contribution in [0.5, 0.6) is 5.75 Å². The lowest BCUT2D eigenvalue weighted by atomic mass is 10.00. The van der Waals surface area contributed by atoms with Crippen LogP contribution in [-0.2, 0) is 0 Å². The summed E-state index contributed by atoms with van der Waals surface area (Å²) in [5, 5.41) is 13.1. The van der Waals surface area contributed by atoms with Gasteiger partial charge in [-0.1, -0.05) is 22.0 Å². The molecule has 0 radical (unpaired) electrons. The Balaban J connectivity index is 0.00000220. The number of phenols is 1. The van der Waals surface area contributed by atoms with Crippen LogP contribution in [0.1, 0.15) is 18.0 Å². The van der Waals surface area contributed by atoms with E-state index in [4.69, 9.17) is 0 Å². The average molecular weight is 390 g/mol. The molecule has 0 amide bonds. The zero-order chi connectivity index (χ0) is 14.8. The molecule has 0 saturated carbocycles. The van der Waals surface area contributed by atoms with E-state index in [2.05, 4.69) is 21.2 Å². The third-order valence-electron chi connectivity index (χ3n) is 3.37. The second-order valence-corrected chi connectivity index (χ2v) is 5.74. The summed E-state index contributed by atoms with van der Waals surface area (Å²) < 4.78 is 39.1. The van der Waals surface area contributed by atoms with Crippen molar-refractivity contribution < 1.29 is 18.3 Å². The molecule has 0 unspecified atom stereocenters. The lowest BCUT2D eigenvalue weighted by Gasteiger charge is -2.35. The summed E-state index contributed by atoms with van der Waals surface area (Å²) in [6.07, 6.45) is -5.22. The quantitative estimate of drug-likeness (QED) is 0.831. The van der Waals surface area contributed by atoms with E-state index in [0.29, 0.717) is 36.2 Å². The highest BCUT2D eigenvalue weighted by atomic mass is 79.9. The van der Waals surface area contributed by atoms with Gasteiger partial charge in [-0.25, -0.2) is 0 Å². The summed E-state index contributed by atoms with van der Waals surface area (Å²) in [5.41, 5.74) is 0.326. The van der Waals surface area contributed by atoms with E-state index in [9.17, 15) is 18.3 Å². The van der Waals surface area contributed by atoms with Crippen LogP contribution in [0.15, 0.2) is 22.7 Å². The first-order valence-corrected chi connectivity index (χ1v) is 7.16. The SMILES string of the molecule is Cl.Oc1cc(Br)ccc1[C@H](CC(F)(F)F)N1CCNCC1. The molecule has 0 bridgehead atoms. The number of piperazine rings is 1. The van der Waals surface area contributed by atoms with E-state index < -0.39 is 18.6 Å². The van der Waals surface area contributed by atoms with Crippen LogP contribution in [0.4, 0.5) is 13.2 Å². The van der Waals surface area contributed by atoms with Crippen molar-refractivity contribution in [1.29, 1.82) is 0 Å². The third kappa shape index (κ3) is 5.32. The summed E-state index contributed by atoms with van der Waals surface area (Å²) in [6, 6.07) is 3.80. The standard InChI is InChI=1S/C13H16BrF3N2O.ClH/c14-9-1-2-10(12(20)7-9)11(8-13(15,16)17)19-5-3-18-4-6-19;/h1-2,7,11,18,20H,3-6,8H2;1H/t11-;/m0./s1. The van der Waals surface area contributed by atoms with Crippen molar-refractivity contribution in [2.75, 3.05) is 26.2 Å². The predicted molar refractivity (Wildman–Crippen MR) is 80.9 cm³/mol. The van der Waals surface area contributed by atoms with Gasteiger partial charge in [0.15, 0.2) is 0 Å². The number of hydrogen-bond donors (Lipinski definition) is 2. The highest BCUT2D eigenvalue weighted by Crippen LogP contribution is 2.38. The van der Waals surface area contributed by atoms with E-state index in [1.165, 1.54) is 6.07 Å². The Morgan fingerprint density at radius 2 is 1.90 bits per heavy atom. The molecule has 1 heterocycles. The van der Waals surface area contributed by atoms with Gasteiger partial charge in [0.05, 0.1) is 6.42 Å². The number of halogens is 5. The van der Waals surface area contributed by atoms with Crippen molar-refractivity contribution in [1.82, 2.24) is 10.2 Å². The first-order chi connectivity index (χ1) is 9.37. The maximum atomic E-state index is 12.8. The molecule has 2 N–H and O–H groups in total. The lowest BCUT2D eigenvalue weighted by molar-refractivity contribution is -0.148. The van der Waals surface area contributed by atoms with Crippen molar-refractivity contribution in [3.8, 4) is 5.75 Å². The minimum atomic E-state index is -4.27. The molecule has 2 rings (SSSR count).